The third-order valence-electron chi connectivity index (χ3n) is 9.90. The third-order valence-corrected chi connectivity index (χ3v) is 9.90. The molecule has 6 aromatic rings. The molecule has 3 aromatic carbocycles. The lowest BCUT2D eigenvalue weighted by atomic mass is 10.0. The van der Waals surface area contributed by atoms with Crippen LogP contribution < -0.4 is 46.2 Å². The first-order chi connectivity index (χ1) is 31.4. The Morgan fingerprint density at radius 1 is 0.448 bits per heavy atom. The zero-order chi connectivity index (χ0) is 50.0. The van der Waals surface area contributed by atoms with Gasteiger partial charge in [0.2, 0.25) is 16.6 Å². The summed E-state index contributed by atoms with van der Waals surface area (Å²) in [6, 6.07) is 31.4. The molecule has 0 unspecified atom stereocenters. The number of carbonyl (C=O) groups excluding carboxylic acids is 3. The van der Waals surface area contributed by atoms with Crippen LogP contribution in [0.25, 0.3) is 32.7 Å². The first kappa shape index (κ1) is 54.1. The van der Waals surface area contributed by atoms with Gasteiger partial charge in [-0.2, -0.15) is 53.2 Å². The quantitative estimate of drug-likeness (QED) is 0.0574. The third kappa shape index (κ3) is 17.6. The Balaban J connectivity index is 0.000000471. The fourth-order valence-electron chi connectivity index (χ4n) is 6.68. The number of pyridine rings is 3. The van der Waals surface area contributed by atoms with Crippen molar-refractivity contribution in [1.82, 2.24) is 0 Å². The second-order valence-corrected chi connectivity index (χ2v) is 14.7. The van der Waals surface area contributed by atoms with Crippen LogP contribution in [0.5, 0.6) is 0 Å². The maximum Gasteiger partial charge on any atom is 0.430 e. The molecular formula is C46H47F9N6O6. The Morgan fingerprint density at radius 3 is 1.00 bits per heavy atom. The fourth-order valence-corrected chi connectivity index (χ4v) is 6.68. The van der Waals surface area contributed by atoms with Gasteiger partial charge in [-0.3, -0.25) is 0 Å². The second-order valence-electron chi connectivity index (χ2n) is 14.7. The molecule has 3 heterocycles. The number of nitrogens with zero attached hydrogens (tertiary/aromatic N) is 3. The number of carboxylic acid groups (broad SMARTS) is 3. The van der Waals surface area contributed by atoms with E-state index in [-0.39, 0.29) is 0 Å². The number of carboxylic acids is 3. The van der Waals surface area contributed by atoms with E-state index in [1.807, 2.05) is 18.2 Å². The molecule has 0 aliphatic carbocycles. The molecule has 3 aromatic heterocycles. The van der Waals surface area contributed by atoms with Gasteiger partial charge in [0.1, 0.15) is 37.5 Å². The number of alkyl halides is 9. The number of halogens is 9. The summed E-state index contributed by atoms with van der Waals surface area (Å²) in [7, 11) is 0. The molecule has 0 bridgehead atoms. The van der Waals surface area contributed by atoms with Crippen LogP contribution in [-0.2, 0) is 34.0 Å². The highest BCUT2D eigenvalue weighted by atomic mass is 19.4. The number of rotatable bonds is 14. The number of aryl methyl sites for hydroxylation is 3. The molecule has 0 radical (unpaired) electrons. The van der Waals surface area contributed by atoms with E-state index >= 15 is 0 Å². The highest BCUT2D eigenvalue weighted by Gasteiger charge is 2.30. The van der Waals surface area contributed by atoms with Crippen molar-refractivity contribution in [2.45, 2.75) is 89.5 Å². The van der Waals surface area contributed by atoms with Crippen molar-refractivity contribution in [2.24, 2.45) is 0 Å². The number of hydrogen-bond acceptors (Lipinski definition) is 9. The van der Waals surface area contributed by atoms with E-state index in [0.717, 1.165) is 91.4 Å². The number of aromatic nitrogens is 3. The molecule has 12 nitrogen and oxygen atoms in total. The fraction of sp³-hybridized carbons (Fsp3) is 0.304. The van der Waals surface area contributed by atoms with E-state index in [1.54, 1.807) is 5.57 Å². The Bertz CT molecular complexity index is 2490. The van der Waals surface area contributed by atoms with Crippen LogP contribution in [0, 0.1) is 0 Å². The van der Waals surface area contributed by atoms with Crippen LogP contribution in [0.2, 0.25) is 0 Å². The SMILES string of the molecule is Nc1cc[n+](CCCC=C(CCCC[n+]2ccc(N)c3ccccc32)CCCC[n+]2ccc(N)c3ccccc32)c2ccccc12.O=C([O-])C(F)(F)F.O=C([O-])C(F)(F)F.O=C([O-])C(F)(F)F. The zero-order valence-electron chi connectivity index (χ0n) is 35.7. The summed E-state index contributed by atoms with van der Waals surface area (Å²) in [5.74, 6) is -9.02. The van der Waals surface area contributed by atoms with Gasteiger partial charge < -0.3 is 46.9 Å². The summed E-state index contributed by atoms with van der Waals surface area (Å²) >= 11 is 0. The second kappa shape index (κ2) is 24.9. The van der Waals surface area contributed by atoms with Crippen molar-refractivity contribution in [2.75, 3.05) is 17.2 Å². The Hall–Kier alpha value is -7.19. The van der Waals surface area contributed by atoms with Crippen LogP contribution in [0.3, 0.4) is 0 Å². The largest absolute Gasteiger partial charge is 0.542 e. The van der Waals surface area contributed by atoms with Gasteiger partial charge in [0.05, 0.1) is 33.2 Å². The normalized spacial score (nSPS) is 11.4. The lowest BCUT2D eigenvalue weighted by molar-refractivity contribution is -0.671. The van der Waals surface area contributed by atoms with E-state index < -0.39 is 36.4 Å². The number of nitrogens with two attached hydrogens (primary N) is 3. The summed E-state index contributed by atoms with van der Waals surface area (Å²) in [6.07, 6.45) is 2.41. The molecule has 0 aliphatic heterocycles. The van der Waals surface area contributed by atoms with Crippen LogP contribution >= 0.6 is 0 Å². The lowest BCUT2D eigenvalue weighted by Crippen LogP contribution is -2.37. The molecule has 0 fully saturated rings. The lowest BCUT2D eigenvalue weighted by Gasteiger charge is -2.09. The van der Waals surface area contributed by atoms with Crippen molar-refractivity contribution in [3.63, 3.8) is 0 Å². The summed E-state index contributed by atoms with van der Waals surface area (Å²) in [5.41, 5.74) is 26.4. The van der Waals surface area contributed by atoms with Gasteiger partial charge in [0, 0.05) is 55.7 Å². The average molecular weight is 951 g/mol. The number of unbranched alkanes of at least 4 members (excludes halogenated alkanes) is 3. The highest BCUT2D eigenvalue weighted by Crippen LogP contribution is 2.22. The monoisotopic (exact) mass is 950 g/mol. The number of aliphatic carboxylic acids is 3. The van der Waals surface area contributed by atoms with Gasteiger partial charge in [-0.1, -0.05) is 48.0 Å². The van der Waals surface area contributed by atoms with E-state index in [2.05, 4.69) is 111 Å². The average Bonchev–Trinajstić information content (AvgIpc) is 3.27. The molecule has 0 atom stereocenters. The number of fused-ring (bicyclic) bond motifs is 3. The van der Waals surface area contributed by atoms with Gasteiger partial charge in [0.25, 0.3) is 0 Å². The summed E-state index contributed by atoms with van der Waals surface area (Å²) < 4.78 is 102. The molecule has 0 amide bonds. The minimum absolute atomic E-state index is 0.837. The standard InChI is InChI=1S/C40H44N6.3C2HF3O2/c41-35-22-28-44(38-19-4-1-16-32(35)38)25-10-7-13-31(14-8-11-26-45-29-23-36(42)33-17-2-5-20-39(33)45)15-9-12-27-46-30-24-37(43)34-18-3-6-21-40(34)46;3*3-2(4,5)1(6)7/h1-6,13,16-24,28-30,41-43H,7-12,14-15,25-27H2;3*(H,6,7). The minimum Gasteiger partial charge on any atom is -0.542 e. The molecule has 6 N–H and O–H groups in total. The van der Waals surface area contributed by atoms with Crippen molar-refractivity contribution in [3.05, 3.63) is 121 Å². The highest BCUT2D eigenvalue weighted by molar-refractivity contribution is 5.88. The summed E-state index contributed by atoms with van der Waals surface area (Å²) in [5, 5.41) is 29.7. The molecule has 0 spiro atoms. The first-order valence-corrected chi connectivity index (χ1v) is 20.4. The van der Waals surface area contributed by atoms with E-state index in [4.69, 9.17) is 46.9 Å². The van der Waals surface area contributed by atoms with Gasteiger partial charge in [-0.15, -0.1) is 0 Å². The molecule has 360 valence electrons. The number of carbonyl (C=O) groups is 3. The molecule has 6 rings (SSSR count). The van der Waals surface area contributed by atoms with E-state index in [9.17, 15) is 39.5 Å². The van der Waals surface area contributed by atoms with Crippen molar-refractivity contribution >= 4 is 67.7 Å². The number of para-hydroxylation sites is 3. The number of benzene rings is 3. The maximum absolute atomic E-state index is 10.5. The first-order valence-electron chi connectivity index (χ1n) is 20.4. The number of hydrogen-bond donors (Lipinski definition) is 3. The Kier molecular flexibility index (Phi) is 20.1. The van der Waals surface area contributed by atoms with Crippen LogP contribution in [0.1, 0.15) is 51.4 Å². The van der Waals surface area contributed by atoms with Crippen molar-refractivity contribution < 1.29 is 82.9 Å². The van der Waals surface area contributed by atoms with Crippen molar-refractivity contribution in [3.8, 4) is 0 Å². The van der Waals surface area contributed by atoms with Crippen molar-refractivity contribution in [1.29, 1.82) is 0 Å². The Morgan fingerprint density at radius 2 is 0.716 bits per heavy atom. The van der Waals surface area contributed by atoms with Gasteiger partial charge in [0.15, 0.2) is 18.6 Å². The van der Waals surface area contributed by atoms with E-state index in [0.29, 0.717) is 0 Å². The molecule has 21 heteroatoms. The number of nitrogen functional groups attached to an aromatic ring is 3. The van der Waals surface area contributed by atoms with Crippen LogP contribution in [0.4, 0.5) is 56.6 Å². The van der Waals surface area contributed by atoms with Crippen LogP contribution in [0.15, 0.2) is 121 Å². The van der Waals surface area contributed by atoms with Gasteiger partial charge >= 0.3 is 18.5 Å². The topological polar surface area (TPSA) is 210 Å². The van der Waals surface area contributed by atoms with Gasteiger partial charge in [-0.05, 0) is 50.3 Å². The molecule has 0 saturated carbocycles. The zero-order valence-corrected chi connectivity index (χ0v) is 35.7. The molecule has 0 saturated heterocycles. The van der Waals surface area contributed by atoms with E-state index in [1.165, 1.54) is 29.4 Å². The predicted molar refractivity (Wildman–Crippen MR) is 224 cm³/mol. The van der Waals surface area contributed by atoms with Gasteiger partial charge in [-0.25, -0.2) is 0 Å². The minimum atomic E-state index is -5.19. The summed E-state index contributed by atoms with van der Waals surface area (Å²) in [4.78, 5) is 26.4. The Labute approximate surface area is 378 Å². The van der Waals surface area contributed by atoms with Crippen LogP contribution in [-0.4, -0.2) is 36.4 Å². The molecule has 0 aliphatic rings. The molecule has 67 heavy (non-hydrogen) atoms. The predicted octanol–water partition coefficient (Wildman–Crippen LogP) is 5.10. The molecular weight excluding hydrogens is 904 g/mol. The summed E-state index contributed by atoms with van der Waals surface area (Å²) in [6.45, 7) is 2.97. The maximum atomic E-state index is 10.5. The number of anilines is 3. The number of allylic oxidation sites excluding steroid dienone is 2. The smallest absolute Gasteiger partial charge is 0.430 e.